The smallest absolute Gasteiger partial charge is 0.354 e. The quantitative estimate of drug-likeness (QED) is 0.777. The SMILES string of the molecule is COC(=O)c1cc(NC(=O)[C@@H](C)N)cn1C.Cl. The molecule has 0 spiro atoms. The maximum absolute atomic E-state index is 11.3. The van der Waals surface area contributed by atoms with Gasteiger partial charge in [0.25, 0.3) is 0 Å². The van der Waals surface area contributed by atoms with Crippen molar-refractivity contribution in [1.82, 2.24) is 4.57 Å². The monoisotopic (exact) mass is 261 g/mol. The van der Waals surface area contributed by atoms with Crippen molar-refractivity contribution in [1.29, 1.82) is 0 Å². The Morgan fingerprint density at radius 3 is 2.59 bits per heavy atom. The molecule has 0 bridgehead atoms. The Morgan fingerprint density at radius 2 is 2.12 bits per heavy atom. The summed E-state index contributed by atoms with van der Waals surface area (Å²) in [6.07, 6.45) is 1.62. The molecule has 0 saturated carbocycles. The van der Waals surface area contributed by atoms with Gasteiger partial charge in [0.1, 0.15) is 5.69 Å². The van der Waals surface area contributed by atoms with Crippen molar-refractivity contribution in [3.8, 4) is 0 Å². The van der Waals surface area contributed by atoms with Crippen LogP contribution < -0.4 is 11.1 Å². The maximum atomic E-state index is 11.3. The lowest BCUT2D eigenvalue weighted by atomic mass is 10.3. The molecule has 96 valence electrons. The average Bonchev–Trinajstić information content (AvgIpc) is 2.58. The number of halogens is 1. The van der Waals surface area contributed by atoms with Crippen LogP contribution in [0.1, 0.15) is 17.4 Å². The number of nitrogens with two attached hydrogens (primary N) is 1. The number of aromatic nitrogens is 1. The second-order valence-corrected chi connectivity index (χ2v) is 3.49. The standard InChI is InChI=1S/C10H15N3O3.ClH/c1-6(11)9(14)12-7-4-8(10(15)16-3)13(2)5-7;/h4-6H,11H2,1-3H3,(H,12,14);1H/t6-;/m1./s1. The third-order valence-corrected chi connectivity index (χ3v) is 2.08. The molecule has 0 aromatic carbocycles. The van der Waals surface area contributed by atoms with E-state index in [1.807, 2.05) is 0 Å². The molecular formula is C10H16ClN3O3. The summed E-state index contributed by atoms with van der Waals surface area (Å²) in [4.78, 5) is 22.6. The van der Waals surface area contributed by atoms with Gasteiger partial charge in [-0.3, -0.25) is 4.79 Å². The first-order valence-corrected chi connectivity index (χ1v) is 4.77. The van der Waals surface area contributed by atoms with Gasteiger partial charge in [0, 0.05) is 13.2 Å². The van der Waals surface area contributed by atoms with E-state index in [-0.39, 0.29) is 18.3 Å². The molecule has 0 aliphatic carbocycles. The highest BCUT2D eigenvalue weighted by atomic mass is 35.5. The van der Waals surface area contributed by atoms with Gasteiger partial charge in [-0.2, -0.15) is 0 Å². The molecule has 0 radical (unpaired) electrons. The Balaban J connectivity index is 0.00000256. The van der Waals surface area contributed by atoms with E-state index in [0.29, 0.717) is 11.4 Å². The first kappa shape index (κ1) is 15.5. The molecule has 1 heterocycles. The van der Waals surface area contributed by atoms with Crippen molar-refractivity contribution in [2.24, 2.45) is 12.8 Å². The number of anilines is 1. The van der Waals surface area contributed by atoms with E-state index in [0.717, 1.165) is 0 Å². The minimum atomic E-state index is -0.596. The second-order valence-electron chi connectivity index (χ2n) is 3.49. The molecule has 0 saturated heterocycles. The highest BCUT2D eigenvalue weighted by molar-refractivity contribution is 5.96. The van der Waals surface area contributed by atoms with Gasteiger partial charge in [0.05, 0.1) is 18.8 Å². The van der Waals surface area contributed by atoms with Crippen molar-refractivity contribution in [3.05, 3.63) is 18.0 Å². The minimum absolute atomic E-state index is 0. The Labute approximate surface area is 106 Å². The molecule has 1 aromatic rings. The Morgan fingerprint density at radius 1 is 1.53 bits per heavy atom. The van der Waals surface area contributed by atoms with Crippen LogP contribution in [0.4, 0.5) is 5.69 Å². The second kappa shape index (κ2) is 6.27. The molecule has 1 rings (SSSR count). The summed E-state index contributed by atoms with van der Waals surface area (Å²) in [6.45, 7) is 1.58. The molecule has 3 N–H and O–H groups in total. The lowest BCUT2D eigenvalue weighted by molar-refractivity contribution is -0.117. The molecule has 0 aliphatic rings. The highest BCUT2D eigenvalue weighted by Gasteiger charge is 2.14. The summed E-state index contributed by atoms with van der Waals surface area (Å²) < 4.78 is 6.16. The van der Waals surface area contributed by atoms with Crippen LogP contribution in [0.3, 0.4) is 0 Å². The lowest BCUT2D eigenvalue weighted by Crippen LogP contribution is -2.32. The predicted octanol–water partition coefficient (Wildman–Crippen LogP) is 0.519. The van der Waals surface area contributed by atoms with Gasteiger partial charge in [0.2, 0.25) is 5.91 Å². The van der Waals surface area contributed by atoms with E-state index in [9.17, 15) is 9.59 Å². The van der Waals surface area contributed by atoms with E-state index >= 15 is 0 Å². The van der Waals surface area contributed by atoms with Gasteiger partial charge in [-0.1, -0.05) is 0 Å². The van der Waals surface area contributed by atoms with Crippen LogP contribution in [0.25, 0.3) is 0 Å². The zero-order valence-electron chi connectivity index (χ0n) is 9.89. The molecule has 7 heteroatoms. The van der Waals surface area contributed by atoms with E-state index < -0.39 is 12.0 Å². The van der Waals surface area contributed by atoms with Gasteiger partial charge in [-0.05, 0) is 13.0 Å². The van der Waals surface area contributed by atoms with Crippen molar-refractivity contribution in [2.75, 3.05) is 12.4 Å². The summed E-state index contributed by atoms with van der Waals surface area (Å²) in [7, 11) is 2.99. The van der Waals surface area contributed by atoms with Crippen LogP contribution in [-0.2, 0) is 16.6 Å². The molecule has 0 unspecified atom stereocenters. The van der Waals surface area contributed by atoms with Crippen LogP contribution in [-0.4, -0.2) is 29.6 Å². The number of rotatable bonds is 3. The number of hydrogen-bond donors (Lipinski definition) is 2. The molecule has 1 aromatic heterocycles. The number of methoxy groups -OCH3 is 1. The number of amides is 1. The van der Waals surface area contributed by atoms with E-state index in [2.05, 4.69) is 10.1 Å². The number of hydrogen-bond acceptors (Lipinski definition) is 4. The molecular weight excluding hydrogens is 246 g/mol. The van der Waals surface area contributed by atoms with Gasteiger partial charge in [-0.25, -0.2) is 4.79 Å². The topological polar surface area (TPSA) is 86.3 Å². The van der Waals surface area contributed by atoms with Gasteiger partial charge >= 0.3 is 5.97 Å². The number of esters is 1. The number of carbonyl (C=O) groups is 2. The van der Waals surface area contributed by atoms with Gasteiger partial charge in [-0.15, -0.1) is 12.4 Å². The van der Waals surface area contributed by atoms with E-state index in [4.69, 9.17) is 5.73 Å². The predicted molar refractivity (Wildman–Crippen MR) is 66.3 cm³/mol. The van der Waals surface area contributed by atoms with Crippen LogP contribution in [0.2, 0.25) is 0 Å². The Kier molecular flexibility index (Phi) is 5.70. The van der Waals surface area contributed by atoms with Crippen molar-refractivity contribution < 1.29 is 14.3 Å². The van der Waals surface area contributed by atoms with Gasteiger partial charge in [0.15, 0.2) is 0 Å². The zero-order chi connectivity index (χ0) is 12.3. The third-order valence-electron chi connectivity index (χ3n) is 2.08. The highest BCUT2D eigenvalue weighted by Crippen LogP contribution is 2.13. The van der Waals surface area contributed by atoms with Gasteiger partial charge < -0.3 is 20.4 Å². The normalized spacial score (nSPS) is 11.3. The molecule has 0 aliphatic heterocycles. The fraction of sp³-hybridized carbons (Fsp3) is 0.400. The number of carbonyl (C=O) groups excluding carboxylic acids is 2. The number of ether oxygens (including phenoxy) is 1. The summed E-state index contributed by atoms with van der Waals surface area (Å²) >= 11 is 0. The van der Waals surface area contributed by atoms with E-state index in [1.165, 1.54) is 13.2 Å². The van der Waals surface area contributed by atoms with Crippen LogP contribution in [0, 0.1) is 0 Å². The van der Waals surface area contributed by atoms with Crippen LogP contribution in [0.15, 0.2) is 12.3 Å². The fourth-order valence-electron chi connectivity index (χ4n) is 1.20. The number of aryl methyl sites for hydroxylation is 1. The summed E-state index contributed by atoms with van der Waals surface area (Å²) in [5, 5.41) is 2.59. The van der Waals surface area contributed by atoms with Crippen molar-refractivity contribution in [3.63, 3.8) is 0 Å². The third kappa shape index (κ3) is 3.76. The zero-order valence-corrected chi connectivity index (χ0v) is 10.7. The van der Waals surface area contributed by atoms with Crippen molar-refractivity contribution >= 4 is 30.0 Å². The summed E-state index contributed by atoms with van der Waals surface area (Å²) in [6, 6.07) is 0.938. The summed E-state index contributed by atoms with van der Waals surface area (Å²) in [5.74, 6) is -0.759. The largest absolute Gasteiger partial charge is 0.464 e. The number of nitrogens with one attached hydrogen (secondary N) is 1. The first-order valence-electron chi connectivity index (χ1n) is 4.77. The summed E-state index contributed by atoms with van der Waals surface area (Å²) in [5.41, 5.74) is 6.29. The Hall–Kier alpha value is -1.53. The minimum Gasteiger partial charge on any atom is -0.464 e. The average molecular weight is 262 g/mol. The Bertz CT molecular complexity index is 415. The molecule has 1 amide bonds. The first-order chi connectivity index (χ1) is 7.45. The molecule has 6 nitrogen and oxygen atoms in total. The van der Waals surface area contributed by atoms with Crippen LogP contribution in [0.5, 0.6) is 0 Å². The fourth-order valence-corrected chi connectivity index (χ4v) is 1.20. The molecule has 17 heavy (non-hydrogen) atoms. The lowest BCUT2D eigenvalue weighted by Gasteiger charge is -2.04. The molecule has 0 fully saturated rings. The van der Waals surface area contributed by atoms with Crippen molar-refractivity contribution in [2.45, 2.75) is 13.0 Å². The van der Waals surface area contributed by atoms with Crippen LogP contribution >= 0.6 is 12.4 Å². The maximum Gasteiger partial charge on any atom is 0.354 e. The van der Waals surface area contributed by atoms with E-state index in [1.54, 1.807) is 24.7 Å². The molecule has 1 atom stereocenters. The number of nitrogens with zero attached hydrogens (tertiary/aromatic N) is 1.